The van der Waals surface area contributed by atoms with E-state index in [2.05, 4.69) is 15.3 Å². The van der Waals surface area contributed by atoms with Crippen molar-refractivity contribution in [2.24, 2.45) is 0 Å². The number of carboxylic acids is 1. The summed E-state index contributed by atoms with van der Waals surface area (Å²) in [4.78, 5) is 19.8. The van der Waals surface area contributed by atoms with Crippen molar-refractivity contribution in [3.8, 4) is 0 Å². The molecule has 0 fully saturated rings. The van der Waals surface area contributed by atoms with E-state index in [4.69, 9.17) is 0 Å². The van der Waals surface area contributed by atoms with Gasteiger partial charge in [-0.15, -0.1) is 0 Å². The number of rotatable bonds is 4. The number of aromatic nitrogens is 2. The molecule has 8 heteroatoms. The van der Waals surface area contributed by atoms with E-state index in [1.54, 1.807) is 18.2 Å². The van der Waals surface area contributed by atoms with Crippen LogP contribution in [-0.2, 0) is 15.3 Å². The molecule has 1 atom stereocenters. The molecule has 3 rings (SSSR count). The van der Waals surface area contributed by atoms with Crippen LogP contribution in [0.15, 0.2) is 35.2 Å². The molecule has 1 aliphatic heterocycles. The van der Waals surface area contributed by atoms with E-state index in [1.807, 2.05) is 32.9 Å². The van der Waals surface area contributed by atoms with Gasteiger partial charge in [0.2, 0.25) is 5.82 Å². The molecule has 2 heterocycles. The Morgan fingerprint density at radius 3 is 2.62 bits per heavy atom. The molecule has 2 aromatic rings. The van der Waals surface area contributed by atoms with Crippen LogP contribution in [0.25, 0.3) is 0 Å². The first-order chi connectivity index (χ1) is 12.1. The number of anilines is 1. The average Bonchev–Trinajstić information content (AvgIpc) is 2.83. The lowest BCUT2D eigenvalue weighted by molar-refractivity contribution is 0.0683. The summed E-state index contributed by atoms with van der Waals surface area (Å²) < 4.78 is 24.5. The minimum atomic E-state index is -3.28. The number of hydrogen-bond donors (Lipinski definition) is 2. The molecule has 0 aliphatic carbocycles. The number of aromatic carboxylic acids is 1. The van der Waals surface area contributed by atoms with Crippen LogP contribution in [0.3, 0.4) is 0 Å². The highest BCUT2D eigenvalue weighted by Crippen LogP contribution is 2.34. The maximum atomic E-state index is 12.3. The van der Waals surface area contributed by atoms with E-state index in [0.29, 0.717) is 23.0 Å². The first kappa shape index (κ1) is 18.3. The van der Waals surface area contributed by atoms with Crippen molar-refractivity contribution in [3.63, 3.8) is 0 Å². The number of carboxylic acid groups (broad SMARTS) is 1. The Kier molecular flexibility index (Phi) is 4.47. The fourth-order valence-electron chi connectivity index (χ4n) is 2.96. The van der Waals surface area contributed by atoms with Crippen LogP contribution in [0.4, 0.5) is 5.82 Å². The summed E-state index contributed by atoms with van der Waals surface area (Å²) >= 11 is 0. The van der Waals surface area contributed by atoms with E-state index < -0.39 is 15.8 Å². The van der Waals surface area contributed by atoms with E-state index >= 15 is 0 Å². The lowest BCUT2D eigenvalue weighted by Crippen LogP contribution is -2.20. The summed E-state index contributed by atoms with van der Waals surface area (Å²) in [7, 11) is -3.28. The Balaban J connectivity index is 1.87. The molecule has 2 N–H and O–H groups in total. The average molecular weight is 375 g/mol. The fourth-order valence-corrected chi connectivity index (χ4v) is 4.85. The molecule has 0 amide bonds. The highest BCUT2D eigenvalue weighted by atomic mass is 32.2. The zero-order valence-electron chi connectivity index (χ0n) is 14.9. The number of benzene rings is 1. The van der Waals surface area contributed by atoms with Gasteiger partial charge in [0.25, 0.3) is 0 Å². The molecule has 0 radical (unpaired) electrons. The molecule has 0 spiro atoms. The topological polar surface area (TPSA) is 109 Å². The van der Waals surface area contributed by atoms with Gasteiger partial charge in [0, 0.05) is 23.9 Å². The second kappa shape index (κ2) is 6.35. The smallest absolute Gasteiger partial charge is 0.374 e. The van der Waals surface area contributed by atoms with Crippen molar-refractivity contribution in [1.29, 1.82) is 0 Å². The van der Waals surface area contributed by atoms with Gasteiger partial charge in [-0.2, -0.15) is 0 Å². The second-order valence-corrected chi connectivity index (χ2v) is 9.42. The van der Waals surface area contributed by atoms with Crippen molar-refractivity contribution in [3.05, 3.63) is 47.4 Å². The zero-order chi connectivity index (χ0) is 19.1. The number of carbonyl (C=O) groups is 1. The molecule has 1 aromatic heterocycles. The molecule has 1 unspecified atom stereocenters. The van der Waals surface area contributed by atoms with Crippen molar-refractivity contribution in [1.82, 2.24) is 9.97 Å². The first-order valence-electron chi connectivity index (χ1n) is 8.26. The highest BCUT2D eigenvalue weighted by Gasteiger charge is 2.34. The van der Waals surface area contributed by atoms with Gasteiger partial charge in [-0.3, -0.25) is 0 Å². The largest absolute Gasteiger partial charge is 0.475 e. The summed E-state index contributed by atoms with van der Waals surface area (Å²) in [5.41, 5.74) is 1.04. The maximum Gasteiger partial charge on any atom is 0.374 e. The number of hydrogen-bond acceptors (Lipinski definition) is 6. The van der Waals surface area contributed by atoms with Gasteiger partial charge in [0.1, 0.15) is 5.82 Å². The van der Waals surface area contributed by atoms with E-state index in [-0.39, 0.29) is 22.9 Å². The summed E-state index contributed by atoms with van der Waals surface area (Å²) in [5.74, 6) is -1.28. The Hall–Kier alpha value is -2.48. The van der Waals surface area contributed by atoms with Crippen LogP contribution >= 0.6 is 0 Å². The maximum absolute atomic E-state index is 12.3. The van der Waals surface area contributed by atoms with Gasteiger partial charge in [-0.05, 0) is 11.6 Å². The van der Waals surface area contributed by atoms with Gasteiger partial charge in [0.05, 0.1) is 16.3 Å². The van der Waals surface area contributed by atoms with Crippen molar-refractivity contribution in [2.45, 2.75) is 37.0 Å². The number of fused-ring (bicyclic) bond motifs is 1. The van der Waals surface area contributed by atoms with Crippen LogP contribution in [0, 0.1) is 0 Å². The lowest BCUT2D eigenvalue weighted by atomic mass is 9.92. The van der Waals surface area contributed by atoms with Crippen molar-refractivity contribution >= 4 is 21.6 Å². The molecule has 138 valence electrons. The third-order valence-electron chi connectivity index (χ3n) is 4.33. The minimum absolute atomic E-state index is 0.0301. The first-order valence-corrected chi connectivity index (χ1v) is 9.91. The fraction of sp³-hybridized carbons (Fsp3) is 0.389. The third kappa shape index (κ3) is 3.55. The molecule has 0 saturated carbocycles. The summed E-state index contributed by atoms with van der Waals surface area (Å²) in [6.07, 6.45) is 0. The molecule has 1 aromatic carbocycles. The number of nitrogens with zero attached hydrogens (tertiary/aromatic N) is 2. The SMILES string of the molecule is CC(C)(C)c1cc(NCC2CS(=O)(=O)c3ccccc32)nc(C(=O)O)n1. The second-order valence-electron chi connectivity index (χ2n) is 7.41. The summed E-state index contributed by atoms with van der Waals surface area (Å²) in [6, 6.07) is 8.68. The van der Waals surface area contributed by atoms with Crippen molar-refractivity contribution in [2.75, 3.05) is 17.6 Å². The molecule has 26 heavy (non-hydrogen) atoms. The predicted molar refractivity (Wildman–Crippen MR) is 97.4 cm³/mol. The van der Waals surface area contributed by atoms with Gasteiger partial charge in [-0.25, -0.2) is 23.2 Å². The normalized spacial score (nSPS) is 18.3. The van der Waals surface area contributed by atoms with Gasteiger partial charge < -0.3 is 10.4 Å². The Morgan fingerprint density at radius 2 is 1.96 bits per heavy atom. The molecular formula is C18H21N3O4S. The van der Waals surface area contributed by atoms with E-state index in [0.717, 1.165) is 5.56 Å². The Bertz CT molecular complexity index is 965. The molecule has 0 bridgehead atoms. The van der Waals surface area contributed by atoms with Gasteiger partial charge >= 0.3 is 5.97 Å². The molecule has 7 nitrogen and oxygen atoms in total. The van der Waals surface area contributed by atoms with Crippen LogP contribution in [0.2, 0.25) is 0 Å². The van der Waals surface area contributed by atoms with Crippen LogP contribution in [0.1, 0.15) is 48.6 Å². The third-order valence-corrected chi connectivity index (χ3v) is 6.21. The summed E-state index contributed by atoms with van der Waals surface area (Å²) in [5, 5.41) is 12.3. The lowest BCUT2D eigenvalue weighted by Gasteiger charge is -2.19. The Morgan fingerprint density at radius 1 is 1.27 bits per heavy atom. The standard InChI is InChI=1S/C18H21N3O4S/c1-18(2,3)14-8-15(21-16(20-14)17(22)23)19-9-11-10-26(24,25)13-7-5-4-6-12(11)13/h4-8,11H,9-10H2,1-3H3,(H,22,23)(H,19,20,21). The van der Waals surface area contributed by atoms with Crippen LogP contribution in [0.5, 0.6) is 0 Å². The summed E-state index contributed by atoms with van der Waals surface area (Å²) in [6.45, 7) is 6.15. The van der Waals surface area contributed by atoms with Crippen LogP contribution < -0.4 is 5.32 Å². The highest BCUT2D eigenvalue weighted by molar-refractivity contribution is 7.91. The minimum Gasteiger partial charge on any atom is -0.475 e. The van der Waals surface area contributed by atoms with E-state index in [1.165, 1.54) is 0 Å². The number of nitrogens with one attached hydrogen (secondary N) is 1. The quantitative estimate of drug-likeness (QED) is 0.845. The predicted octanol–water partition coefficient (Wildman–Crippen LogP) is 2.46. The Labute approximate surface area is 152 Å². The molecular weight excluding hydrogens is 354 g/mol. The zero-order valence-corrected chi connectivity index (χ0v) is 15.7. The van der Waals surface area contributed by atoms with Gasteiger partial charge in [0.15, 0.2) is 9.84 Å². The molecule has 0 saturated heterocycles. The monoisotopic (exact) mass is 375 g/mol. The number of sulfone groups is 1. The van der Waals surface area contributed by atoms with Crippen molar-refractivity contribution < 1.29 is 18.3 Å². The van der Waals surface area contributed by atoms with E-state index in [9.17, 15) is 18.3 Å². The van der Waals surface area contributed by atoms with Crippen LogP contribution in [-0.4, -0.2) is 41.8 Å². The molecule has 1 aliphatic rings. The van der Waals surface area contributed by atoms with Gasteiger partial charge in [-0.1, -0.05) is 39.0 Å².